The number of non-ortho nitro benzene ring substituents is 1. The summed E-state index contributed by atoms with van der Waals surface area (Å²) in [5.74, 6) is -0.00397. The second-order valence-electron chi connectivity index (χ2n) is 8.60. The molecule has 0 saturated carbocycles. The largest absolute Gasteiger partial charge is 0.436 e. The molecule has 0 aliphatic rings. The Labute approximate surface area is 227 Å². The minimum Gasteiger partial charge on any atom is -0.436 e. The van der Waals surface area contributed by atoms with Crippen LogP contribution in [-0.2, 0) is 4.79 Å². The molecule has 1 atom stereocenters. The quantitative estimate of drug-likeness (QED) is 0.127. The summed E-state index contributed by atoms with van der Waals surface area (Å²) in [6.45, 7) is 1.82. The van der Waals surface area contributed by atoms with Crippen LogP contribution in [0, 0.1) is 10.1 Å². The van der Waals surface area contributed by atoms with Crippen LogP contribution in [0.3, 0.4) is 0 Å². The summed E-state index contributed by atoms with van der Waals surface area (Å²) in [7, 11) is 0. The molecule has 9 nitrogen and oxygen atoms in total. The number of thioether (sulfide) groups is 1. The minimum absolute atomic E-state index is 0.0805. The third kappa shape index (κ3) is 6.13. The van der Waals surface area contributed by atoms with Crippen molar-refractivity contribution in [2.75, 3.05) is 10.6 Å². The molecule has 1 aromatic heterocycles. The van der Waals surface area contributed by atoms with Gasteiger partial charge >= 0.3 is 0 Å². The van der Waals surface area contributed by atoms with Crippen molar-refractivity contribution in [2.24, 2.45) is 0 Å². The van der Waals surface area contributed by atoms with E-state index in [-0.39, 0.29) is 22.8 Å². The van der Waals surface area contributed by atoms with Gasteiger partial charge in [0.1, 0.15) is 5.52 Å². The summed E-state index contributed by atoms with van der Waals surface area (Å²) < 4.78 is 5.80. The molecule has 194 valence electrons. The fourth-order valence-electron chi connectivity index (χ4n) is 3.75. The molecule has 2 amide bonds. The molecule has 0 spiro atoms. The number of aromatic nitrogens is 1. The van der Waals surface area contributed by atoms with Crippen molar-refractivity contribution < 1.29 is 18.9 Å². The van der Waals surface area contributed by atoms with Crippen LogP contribution in [0.4, 0.5) is 17.1 Å². The van der Waals surface area contributed by atoms with Gasteiger partial charge in [0, 0.05) is 39.5 Å². The van der Waals surface area contributed by atoms with Gasteiger partial charge in [-0.1, -0.05) is 12.1 Å². The monoisotopic (exact) mass is 538 g/mol. The smallest absolute Gasteiger partial charge is 0.269 e. The number of amides is 2. The van der Waals surface area contributed by atoms with E-state index in [0.29, 0.717) is 22.8 Å². The highest BCUT2D eigenvalue weighted by Gasteiger charge is 2.16. The number of carbonyl (C=O) groups is 2. The Balaban J connectivity index is 1.14. The maximum absolute atomic E-state index is 12.8. The van der Waals surface area contributed by atoms with Crippen LogP contribution in [0.25, 0.3) is 22.6 Å². The lowest BCUT2D eigenvalue weighted by atomic mass is 10.2. The van der Waals surface area contributed by atoms with Crippen LogP contribution in [0.2, 0.25) is 0 Å². The van der Waals surface area contributed by atoms with E-state index in [1.807, 2.05) is 67.6 Å². The van der Waals surface area contributed by atoms with E-state index < -0.39 is 4.92 Å². The summed E-state index contributed by atoms with van der Waals surface area (Å²) in [5, 5.41) is 16.1. The molecule has 0 bridgehead atoms. The number of oxazole rings is 1. The molecule has 0 saturated heterocycles. The van der Waals surface area contributed by atoms with Crippen molar-refractivity contribution in [1.82, 2.24) is 4.98 Å². The highest BCUT2D eigenvalue weighted by atomic mass is 32.2. The number of hydrogen-bond donors (Lipinski definition) is 2. The van der Waals surface area contributed by atoms with Gasteiger partial charge in [0.05, 0.1) is 10.2 Å². The maximum Gasteiger partial charge on any atom is 0.269 e. The van der Waals surface area contributed by atoms with Gasteiger partial charge in [-0.25, -0.2) is 4.98 Å². The molecule has 1 heterocycles. The second-order valence-corrected chi connectivity index (χ2v) is 10.0. The minimum atomic E-state index is -0.517. The standard InChI is InChI=1S/C29H22N4O5S/c1-18(27(34)30-21-10-6-20(7-11-21)29-32-25-4-2-3-5-26(25)38-29)39-24-16-12-22(13-17-24)31-28(35)19-8-14-23(15-9-19)33(36)37/h2-18H,1H3,(H,30,34)(H,31,35). The first-order valence-electron chi connectivity index (χ1n) is 11.9. The van der Waals surface area contributed by atoms with E-state index in [4.69, 9.17) is 4.42 Å². The van der Waals surface area contributed by atoms with Crippen LogP contribution >= 0.6 is 11.8 Å². The highest BCUT2D eigenvalue weighted by molar-refractivity contribution is 8.00. The van der Waals surface area contributed by atoms with Gasteiger partial charge < -0.3 is 15.1 Å². The number of nitrogens with one attached hydrogen (secondary N) is 2. The molecule has 10 heteroatoms. The molecule has 1 unspecified atom stereocenters. The zero-order chi connectivity index (χ0) is 27.4. The summed E-state index contributed by atoms with van der Waals surface area (Å²) >= 11 is 1.39. The zero-order valence-corrected chi connectivity index (χ0v) is 21.5. The number of benzene rings is 4. The molecular formula is C29H22N4O5S. The number of hydrogen-bond acceptors (Lipinski definition) is 7. The average Bonchev–Trinajstić information content (AvgIpc) is 3.39. The van der Waals surface area contributed by atoms with Crippen molar-refractivity contribution in [1.29, 1.82) is 0 Å². The maximum atomic E-state index is 12.8. The van der Waals surface area contributed by atoms with Crippen molar-refractivity contribution in [3.63, 3.8) is 0 Å². The first kappa shape index (κ1) is 25.7. The fraction of sp³-hybridized carbons (Fsp3) is 0.0690. The van der Waals surface area contributed by atoms with Crippen molar-refractivity contribution in [2.45, 2.75) is 17.1 Å². The van der Waals surface area contributed by atoms with E-state index >= 15 is 0 Å². The third-order valence-corrected chi connectivity index (χ3v) is 6.94. The molecule has 0 fully saturated rings. The number of nitrogens with zero attached hydrogens (tertiary/aromatic N) is 2. The highest BCUT2D eigenvalue weighted by Crippen LogP contribution is 2.28. The summed E-state index contributed by atoms with van der Waals surface area (Å²) in [5.41, 5.74) is 3.78. The number of nitro benzene ring substituents is 1. The van der Waals surface area contributed by atoms with Crippen LogP contribution < -0.4 is 10.6 Å². The van der Waals surface area contributed by atoms with E-state index in [1.54, 1.807) is 12.1 Å². The molecule has 5 aromatic rings. The van der Waals surface area contributed by atoms with Crippen LogP contribution in [0.15, 0.2) is 106 Å². The number of para-hydroxylation sites is 2. The van der Waals surface area contributed by atoms with Gasteiger partial charge in [0.2, 0.25) is 11.8 Å². The Morgan fingerprint density at radius 1 is 0.872 bits per heavy atom. The average molecular weight is 539 g/mol. The molecule has 2 N–H and O–H groups in total. The van der Waals surface area contributed by atoms with Gasteiger partial charge in [-0.2, -0.15) is 0 Å². The van der Waals surface area contributed by atoms with E-state index in [1.165, 1.54) is 36.0 Å². The zero-order valence-electron chi connectivity index (χ0n) is 20.7. The predicted octanol–water partition coefficient (Wildman–Crippen LogP) is 6.77. The Kier molecular flexibility index (Phi) is 7.37. The molecule has 0 aliphatic heterocycles. The van der Waals surface area contributed by atoms with Gasteiger partial charge in [-0.05, 0) is 79.7 Å². The molecular weight excluding hydrogens is 516 g/mol. The molecule has 0 radical (unpaired) electrons. The first-order chi connectivity index (χ1) is 18.9. The van der Waals surface area contributed by atoms with Gasteiger partial charge in [0.25, 0.3) is 11.6 Å². The molecule has 4 aromatic carbocycles. The lowest BCUT2D eigenvalue weighted by molar-refractivity contribution is -0.384. The fourth-order valence-corrected chi connectivity index (χ4v) is 4.62. The Morgan fingerprint density at radius 3 is 2.18 bits per heavy atom. The SMILES string of the molecule is CC(Sc1ccc(NC(=O)c2ccc([N+](=O)[O-])cc2)cc1)C(=O)Nc1ccc(-c2nc3ccccc3o2)cc1. The summed E-state index contributed by atoms with van der Waals surface area (Å²) in [6.07, 6.45) is 0. The van der Waals surface area contributed by atoms with E-state index in [9.17, 15) is 19.7 Å². The first-order valence-corrected chi connectivity index (χ1v) is 12.8. The lowest BCUT2D eigenvalue weighted by Gasteiger charge is -2.13. The Hall–Kier alpha value is -4.96. The van der Waals surface area contributed by atoms with Crippen molar-refractivity contribution in [3.8, 4) is 11.5 Å². The summed E-state index contributed by atoms with van der Waals surface area (Å²) in [6, 6.07) is 27.4. The van der Waals surface area contributed by atoms with E-state index in [2.05, 4.69) is 15.6 Å². The predicted molar refractivity (Wildman–Crippen MR) is 151 cm³/mol. The van der Waals surface area contributed by atoms with Gasteiger partial charge in [-0.15, -0.1) is 11.8 Å². The third-order valence-electron chi connectivity index (χ3n) is 5.83. The molecule has 0 aliphatic carbocycles. The summed E-state index contributed by atoms with van der Waals surface area (Å²) in [4.78, 5) is 40.8. The van der Waals surface area contributed by atoms with Crippen molar-refractivity contribution >= 4 is 51.7 Å². The van der Waals surface area contributed by atoms with Crippen LogP contribution in [-0.4, -0.2) is 27.0 Å². The topological polar surface area (TPSA) is 127 Å². The second kappa shape index (κ2) is 11.2. The molecule has 5 rings (SSSR count). The lowest BCUT2D eigenvalue weighted by Crippen LogP contribution is -2.22. The molecule has 39 heavy (non-hydrogen) atoms. The number of anilines is 2. The van der Waals surface area contributed by atoms with Gasteiger partial charge in [-0.3, -0.25) is 19.7 Å². The number of rotatable bonds is 8. The van der Waals surface area contributed by atoms with Crippen LogP contribution in [0.1, 0.15) is 17.3 Å². The number of fused-ring (bicyclic) bond motifs is 1. The van der Waals surface area contributed by atoms with Gasteiger partial charge in [0.15, 0.2) is 5.58 Å². The Bertz CT molecular complexity index is 1620. The number of carbonyl (C=O) groups excluding carboxylic acids is 2. The normalized spacial score (nSPS) is 11.6. The Morgan fingerprint density at radius 2 is 1.51 bits per heavy atom. The van der Waals surface area contributed by atoms with Crippen LogP contribution in [0.5, 0.6) is 0 Å². The number of nitro groups is 1. The van der Waals surface area contributed by atoms with E-state index in [0.717, 1.165) is 21.6 Å². The van der Waals surface area contributed by atoms with Crippen molar-refractivity contribution in [3.05, 3.63) is 113 Å².